The van der Waals surface area contributed by atoms with Crippen molar-refractivity contribution >= 4 is 34.8 Å². The Morgan fingerprint density at radius 1 is 0.434 bits per heavy atom. The van der Waals surface area contributed by atoms with E-state index in [2.05, 4.69) is 43.8 Å². The summed E-state index contributed by atoms with van der Waals surface area (Å²) in [6, 6.07) is 0.536. The van der Waals surface area contributed by atoms with Crippen LogP contribution in [0.4, 0.5) is 0 Å². The maximum atomic E-state index is 9.70. The highest BCUT2D eigenvalue weighted by molar-refractivity contribution is 6.31. The summed E-state index contributed by atoms with van der Waals surface area (Å²) in [6.45, 7) is 7.82. The number of ether oxygens (including phenoxy) is 2. The Morgan fingerprint density at radius 2 is 0.774 bits per heavy atom. The van der Waals surface area contributed by atoms with Crippen LogP contribution in [0.3, 0.4) is 0 Å². The zero-order chi connectivity index (χ0) is 38.4. The van der Waals surface area contributed by atoms with Crippen LogP contribution in [0.5, 0.6) is 12.0 Å². The van der Waals surface area contributed by atoms with Crippen molar-refractivity contribution in [1.29, 1.82) is 0 Å². The third kappa shape index (κ3) is 25.3. The SMILES string of the molecule is CCCCCCC(CCCCCCCC(CCO)CCCCCCCC(CCCCC)CCOc1nc(Cl)nc(Cl)n1)CCOc1nc(C)nc(Cl)n1. The van der Waals surface area contributed by atoms with Gasteiger partial charge in [-0.3, -0.25) is 0 Å². The van der Waals surface area contributed by atoms with Crippen LogP contribution in [0.2, 0.25) is 15.9 Å². The molecule has 0 amide bonds. The Kier molecular flexibility index (Phi) is 28.4. The molecule has 2 aromatic heterocycles. The molecule has 1 N–H and O–H groups in total. The van der Waals surface area contributed by atoms with E-state index in [-0.39, 0.29) is 21.9 Å². The second kappa shape index (κ2) is 31.6. The van der Waals surface area contributed by atoms with Crippen molar-refractivity contribution in [2.75, 3.05) is 19.8 Å². The zero-order valence-electron chi connectivity index (χ0n) is 33.3. The average molecular weight is 802 g/mol. The maximum Gasteiger partial charge on any atom is 0.322 e. The van der Waals surface area contributed by atoms with Crippen molar-refractivity contribution in [2.24, 2.45) is 17.8 Å². The number of halogens is 3. The molecule has 53 heavy (non-hydrogen) atoms. The Hall–Kier alpha value is -1.55. The molecule has 0 radical (unpaired) electrons. The largest absolute Gasteiger partial charge is 0.463 e. The Balaban J connectivity index is 1.57. The quantitative estimate of drug-likeness (QED) is 0.0680. The van der Waals surface area contributed by atoms with Crippen LogP contribution in [-0.2, 0) is 0 Å². The van der Waals surface area contributed by atoms with Crippen LogP contribution in [0.25, 0.3) is 0 Å². The molecule has 0 aliphatic heterocycles. The molecule has 0 spiro atoms. The minimum atomic E-state index is 0.0564. The van der Waals surface area contributed by atoms with Crippen LogP contribution < -0.4 is 9.47 Å². The van der Waals surface area contributed by atoms with E-state index in [1.54, 1.807) is 6.92 Å². The standard InChI is InChI=1S/C41H71Cl3N6O3/c1-4-6-8-16-24-36(28-31-52-40-46-33(3)45-37(42)48-40)26-20-14-10-12-18-23-34(27-30-51)22-17-11-9-13-19-25-35(21-15-7-5-2)29-32-53-41-49-38(43)47-39(44)50-41/h34-36,51H,4-32H2,1-3H3. The highest BCUT2D eigenvalue weighted by Gasteiger charge is 2.13. The van der Waals surface area contributed by atoms with Crippen LogP contribution >= 0.6 is 34.8 Å². The average Bonchev–Trinajstić information content (AvgIpc) is 3.11. The normalized spacial score (nSPS) is 13.3. The summed E-state index contributed by atoms with van der Waals surface area (Å²) in [5.41, 5.74) is 0. The highest BCUT2D eigenvalue weighted by atomic mass is 35.5. The molecule has 2 heterocycles. The number of hydrogen-bond acceptors (Lipinski definition) is 9. The lowest BCUT2D eigenvalue weighted by Crippen LogP contribution is -2.10. The molecule has 0 aliphatic rings. The Morgan fingerprint density at radius 3 is 1.19 bits per heavy atom. The Labute approximate surface area is 337 Å². The molecular weight excluding hydrogens is 731 g/mol. The van der Waals surface area contributed by atoms with Crippen LogP contribution in [0, 0.1) is 24.7 Å². The van der Waals surface area contributed by atoms with Crippen molar-refractivity contribution in [2.45, 2.75) is 188 Å². The summed E-state index contributed by atoms with van der Waals surface area (Å²) in [4.78, 5) is 24.2. The molecule has 0 aliphatic carbocycles. The van der Waals surface area contributed by atoms with Crippen LogP contribution in [0.1, 0.15) is 187 Å². The van der Waals surface area contributed by atoms with E-state index >= 15 is 0 Å². The smallest absolute Gasteiger partial charge is 0.322 e. The first-order chi connectivity index (χ1) is 25.8. The van der Waals surface area contributed by atoms with E-state index in [0.717, 1.165) is 19.3 Å². The highest BCUT2D eigenvalue weighted by Crippen LogP contribution is 2.26. The molecule has 12 heteroatoms. The molecule has 0 bridgehead atoms. The Bertz CT molecular complexity index is 1140. The number of hydrogen-bond donors (Lipinski definition) is 1. The number of aliphatic hydroxyl groups is 1. The number of aliphatic hydroxyl groups excluding tert-OH is 1. The minimum Gasteiger partial charge on any atom is -0.463 e. The molecule has 0 saturated carbocycles. The molecule has 3 unspecified atom stereocenters. The van der Waals surface area contributed by atoms with Crippen molar-refractivity contribution in [3.8, 4) is 12.0 Å². The summed E-state index contributed by atoms with van der Waals surface area (Å²) in [5.74, 6) is 2.58. The lowest BCUT2D eigenvalue weighted by molar-refractivity contribution is 0.239. The third-order valence-electron chi connectivity index (χ3n) is 10.4. The van der Waals surface area contributed by atoms with E-state index in [4.69, 9.17) is 44.3 Å². The van der Waals surface area contributed by atoms with E-state index in [0.29, 0.717) is 49.4 Å². The lowest BCUT2D eigenvalue weighted by atomic mass is 9.90. The van der Waals surface area contributed by atoms with Gasteiger partial charge in [0.15, 0.2) is 0 Å². The number of rotatable bonds is 35. The number of nitrogens with zero attached hydrogens (tertiary/aromatic N) is 6. The second-order valence-electron chi connectivity index (χ2n) is 15.0. The van der Waals surface area contributed by atoms with E-state index in [1.165, 1.54) is 148 Å². The second-order valence-corrected chi connectivity index (χ2v) is 16.0. The third-order valence-corrected chi connectivity index (χ3v) is 11.0. The summed E-state index contributed by atoms with van der Waals surface area (Å²) < 4.78 is 11.6. The number of unbranched alkanes of at least 4 members (excludes halogenated alkanes) is 13. The van der Waals surface area contributed by atoms with E-state index in [9.17, 15) is 5.11 Å². The van der Waals surface area contributed by atoms with Gasteiger partial charge in [0.05, 0.1) is 13.2 Å². The van der Waals surface area contributed by atoms with E-state index in [1.807, 2.05) is 0 Å². The minimum absolute atomic E-state index is 0.0564. The molecule has 9 nitrogen and oxygen atoms in total. The van der Waals surface area contributed by atoms with Gasteiger partial charge in [-0.2, -0.15) is 24.9 Å². The lowest BCUT2D eigenvalue weighted by Gasteiger charge is -2.18. The van der Waals surface area contributed by atoms with Gasteiger partial charge in [0.25, 0.3) is 0 Å². The van der Waals surface area contributed by atoms with Gasteiger partial charge in [-0.1, -0.05) is 162 Å². The first kappa shape index (κ1) is 47.6. The van der Waals surface area contributed by atoms with Crippen molar-refractivity contribution in [3.63, 3.8) is 0 Å². The fourth-order valence-electron chi connectivity index (χ4n) is 7.31. The molecular formula is C41H71Cl3N6O3. The first-order valence-corrected chi connectivity index (χ1v) is 22.3. The summed E-state index contributed by atoms with van der Waals surface area (Å²) in [6.07, 6.45) is 32.4. The number of aromatic nitrogens is 6. The molecule has 304 valence electrons. The van der Waals surface area contributed by atoms with Gasteiger partial charge in [0.1, 0.15) is 5.82 Å². The summed E-state index contributed by atoms with van der Waals surface area (Å²) in [5, 5.41) is 10.0. The van der Waals surface area contributed by atoms with Crippen LogP contribution in [-0.4, -0.2) is 54.8 Å². The van der Waals surface area contributed by atoms with Crippen molar-refractivity contribution in [1.82, 2.24) is 29.9 Å². The monoisotopic (exact) mass is 800 g/mol. The van der Waals surface area contributed by atoms with Gasteiger partial charge < -0.3 is 14.6 Å². The predicted molar refractivity (Wildman–Crippen MR) is 219 cm³/mol. The summed E-state index contributed by atoms with van der Waals surface area (Å²) >= 11 is 17.7. The predicted octanol–water partition coefficient (Wildman–Crippen LogP) is 12.8. The first-order valence-electron chi connectivity index (χ1n) is 21.1. The zero-order valence-corrected chi connectivity index (χ0v) is 35.6. The summed E-state index contributed by atoms with van der Waals surface area (Å²) in [7, 11) is 0. The van der Waals surface area contributed by atoms with Gasteiger partial charge in [-0.05, 0) is 78.7 Å². The molecule has 0 saturated heterocycles. The molecule has 2 rings (SSSR count). The van der Waals surface area contributed by atoms with Gasteiger partial charge in [0.2, 0.25) is 15.9 Å². The fourth-order valence-corrected chi connectivity index (χ4v) is 7.86. The molecule has 2 aromatic rings. The molecule has 0 fully saturated rings. The maximum absolute atomic E-state index is 9.70. The van der Waals surface area contributed by atoms with Gasteiger partial charge >= 0.3 is 12.0 Å². The molecule has 3 atom stereocenters. The molecule has 0 aromatic carbocycles. The van der Waals surface area contributed by atoms with Gasteiger partial charge in [-0.25, -0.2) is 4.98 Å². The fraction of sp³-hybridized carbons (Fsp3) is 0.854. The van der Waals surface area contributed by atoms with Crippen molar-refractivity contribution < 1.29 is 14.6 Å². The van der Waals surface area contributed by atoms with Gasteiger partial charge in [-0.15, -0.1) is 0 Å². The van der Waals surface area contributed by atoms with E-state index < -0.39 is 0 Å². The van der Waals surface area contributed by atoms with Crippen molar-refractivity contribution in [3.05, 3.63) is 21.7 Å². The van der Waals surface area contributed by atoms with Gasteiger partial charge in [0, 0.05) is 6.61 Å². The topological polar surface area (TPSA) is 116 Å². The number of aryl methyl sites for hydroxylation is 1. The van der Waals surface area contributed by atoms with Crippen LogP contribution in [0.15, 0.2) is 0 Å².